The minimum Gasteiger partial charge on any atom is -0.414 e. The van der Waals surface area contributed by atoms with Crippen molar-refractivity contribution in [1.82, 2.24) is 0 Å². The summed E-state index contributed by atoms with van der Waals surface area (Å²) in [4.78, 5) is 0. The van der Waals surface area contributed by atoms with E-state index in [-0.39, 0.29) is 11.1 Å². The highest BCUT2D eigenvalue weighted by Crippen LogP contribution is 2.40. The van der Waals surface area contributed by atoms with Crippen molar-refractivity contribution in [3.8, 4) is 0 Å². The van der Waals surface area contributed by atoms with Crippen LogP contribution >= 0.6 is 0 Å². The van der Waals surface area contributed by atoms with E-state index in [1.165, 1.54) is 0 Å². The van der Waals surface area contributed by atoms with Crippen LogP contribution in [0.2, 0.25) is 18.1 Å². The summed E-state index contributed by atoms with van der Waals surface area (Å²) in [6.45, 7) is 15.0. The Morgan fingerprint density at radius 3 is 2.30 bits per heavy atom. The van der Waals surface area contributed by atoms with Gasteiger partial charge in [-0.05, 0) is 32.0 Å². The van der Waals surface area contributed by atoms with Crippen molar-refractivity contribution in [3.63, 3.8) is 0 Å². The molecular weight excluding hydrogens is 276 g/mol. The molecule has 4 atom stereocenters. The highest BCUT2D eigenvalue weighted by Gasteiger charge is 2.54. The molecule has 0 radical (unpaired) electrons. The lowest BCUT2D eigenvalue weighted by Gasteiger charge is -2.37. The Balaban J connectivity index is 1.91. The Hall–Kier alpha value is 0.0169. The SMILES string of the molecule is CC1(C)OC2O[C@H](CO[Si](C)(C)C(C)(C)C)C(O)[C@H]2O1. The summed E-state index contributed by atoms with van der Waals surface area (Å²) in [5, 5.41) is 10.4. The molecule has 0 aromatic carbocycles. The normalized spacial score (nSPS) is 37.2. The Bertz CT molecular complexity index is 363. The molecule has 0 bridgehead atoms. The molecular formula is C14H28O5Si. The standard InChI is InChI=1S/C14H28O5Si/c1-13(2,3)20(6,7)16-8-9-10(15)11-12(17-9)19-14(4,5)18-11/h9-12,15H,8H2,1-7H3/t9-,10?,11-,12?/m1/s1. The van der Waals surface area contributed by atoms with E-state index in [2.05, 4.69) is 33.9 Å². The fourth-order valence-electron chi connectivity index (χ4n) is 2.20. The number of ether oxygens (including phenoxy) is 3. The van der Waals surface area contributed by atoms with Crippen LogP contribution in [0.15, 0.2) is 0 Å². The first-order valence-corrected chi connectivity index (χ1v) is 10.2. The number of aliphatic hydroxyl groups excluding tert-OH is 1. The van der Waals surface area contributed by atoms with Gasteiger partial charge in [0.05, 0.1) is 6.61 Å². The minimum absolute atomic E-state index is 0.140. The third kappa shape index (κ3) is 3.10. The van der Waals surface area contributed by atoms with Crippen molar-refractivity contribution in [2.45, 2.75) is 83.1 Å². The van der Waals surface area contributed by atoms with Crippen LogP contribution < -0.4 is 0 Å². The van der Waals surface area contributed by atoms with Crippen molar-refractivity contribution in [2.24, 2.45) is 0 Å². The molecule has 2 unspecified atom stereocenters. The number of aliphatic hydroxyl groups is 1. The average molecular weight is 304 g/mol. The second-order valence-electron chi connectivity index (χ2n) is 7.70. The van der Waals surface area contributed by atoms with Gasteiger partial charge in [0, 0.05) is 0 Å². The molecule has 0 spiro atoms. The Labute approximate surface area is 122 Å². The quantitative estimate of drug-likeness (QED) is 0.810. The predicted octanol–water partition coefficient (Wildman–Crippen LogP) is 2.25. The van der Waals surface area contributed by atoms with E-state index in [1.54, 1.807) is 0 Å². The number of hydrogen-bond acceptors (Lipinski definition) is 5. The maximum absolute atomic E-state index is 10.3. The molecule has 2 saturated heterocycles. The summed E-state index contributed by atoms with van der Waals surface area (Å²) in [5.74, 6) is -0.693. The predicted molar refractivity (Wildman–Crippen MR) is 77.9 cm³/mol. The average Bonchev–Trinajstić information content (AvgIpc) is 2.69. The molecule has 2 rings (SSSR count). The molecule has 0 aromatic heterocycles. The number of hydrogen-bond donors (Lipinski definition) is 1. The highest BCUT2D eigenvalue weighted by atomic mass is 28.4. The van der Waals surface area contributed by atoms with E-state index in [9.17, 15) is 5.11 Å². The Kier molecular flexibility index (Phi) is 4.13. The van der Waals surface area contributed by atoms with Gasteiger partial charge in [0.25, 0.3) is 0 Å². The lowest BCUT2D eigenvalue weighted by molar-refractivity contribution is -0.217. The van der Waals surface area contributed by atoms with Gasteiger partial charge in [-0.1, -0.05) is 20.8 Å². The lowest BCUT2D eigenvalue weighted by atomic mass is 10.1. The van der Waals surface area contributed by atoms with Gasteiger partial charge in [-0.3, -0.25) is 0 Å². The molecule has 0 saturated carbocycles. The van der Waals surface area contributed by atoms with Gasteiger partial charge in [0.1, 0.15) is 18.3 Å². The van der Waals surface area contributed by atoms with Gasteiger partial charge >= 0.3 is 0 Å². The third-order valence-electron chi connectivity index (χ3n) is 4.53. The van der Waals surface area contributed by atoms with Crippen molar-refractivity contribution in [1.29, 1.82) is 0 Å². The van der Waals surface area contributed by atoms with Gasteiger partial charge in [-0.2, -0.15) is 0 Å². The molecule has 0 amide bonds. The zero-order valence-corrected chi connectivity index (χ0v) is 14.6. The van der Waals surface area contributed by atoms with Crippen molar-refractivity contribution >= 4 is 8.32 Å². The van der Waals surface area contributed by atoms with Crippen LogP contribution in [-0.4, -0.2) is 50.4 Å². The van der Waals surface area contributed by atoms with Gasteiger partial charge in [0.2, 0.25) is 0 Å². The Morgan fingerprint density at radius 1 is 1.20 bits per heavy atom. The smallest absolute Gasteiger partial charge is 0.192 e. The topological polar surface area (TPSA) is 57.2 Å². The van der Waals surface area contributed by atoms with E-state index >= 15 is 0 Å². The first-order chi connectivity index (χ1) is 8.93. The number of fused-ring (bicyclic) bond motifs is 1. The first kappa shape index (κ1) is 16.4. The molecule has 1 N–H and O–H groups in total. The van der Waals surface area contributed by atoms with E-state index in [1.807, 2.05) is 13.8 Å². The summed E-state index contributed by atoms with van der Waals surface area (Å²) in [6.07, 6.45) is -1.99. The molecule has 20 heavy (non-hydrogen) atoms. The van der Waals surface area contributed by atoms with Crippen molar-refractivity contribution in [2.75, 3.05) is 6.61 Å². The van der Waals surface area contributed by atoms with Crippen LogP contribution in [0.4, 0.5) is 0 Å². The summed E-state index contributed by atoms with van der Waals surface area (Å²) in [7, 11) is -1.84. The van der Waals surface area contributed by atoms with Crippen molar-refractivity contribution in [3.05, 3.63) is 0 Å². The highest BCUT2D eigenvalue weighted by molar-refractivity contribution is 6.74. The van der Waals surface area contributed by atoms with E-state index in [0.717, 1.165) is 0 Å². The molecule has 0 aliphatic carbocycles. The monoisotopic (exact) mass is 304 g/mol. The Morgan fingerprint density at radius 2 is 1.80 bits per heavy atom. The molecule has 6 heteroatoms. The second kappa shape index (κ2) is 5.03. The van der Waals surface area contributed by atoms with Crippen LogP contribution in [0.5, 0.6) is 0 Å². The third-order valence-corrected chi connectivity index (χ3v) is 9.03. The molecule has 2 heterocycles. The second-order valence-corrected chi connectivity index (χ2v) is 12.5. The summed E-state index contributed by atoms with van der Waals surface area (Å²) < 4.78 is 23.1. The molecule has 5 nitrogen and oxygen atoms in total. The summed E-state index contributed by atoms with van der Waals surface area (Å²) >= 11 is 0. The summed E-state index contributed by atoms with van der Waals surface area (Å²) in [5.41, 5.74) is 0. The van der Waals surface area contributed by atoms with Crippen LogP contribution in [0.1, 0.15) is 34.6 Å². The van der Waals surface area contributed by atoms with Crippen LogP contribution in [0.3, 0.4) is 0 Å². The maximum atomic E-state index is 10.3. The van der Waals surface area contributed by atoms with Crippen LogP contribution in [0, 0.1) is 0 Å². The zero-order valence-electron chi connectivity index (χ0n) is 13.6. The maximum Gasteiger partial charge on any atom is 0.192 e. The molecule has 2 aliphatic rings. The van der Waals surface area contributed by atoms with Crippen molar-refractivity contribution < 1.29 is 23.7 Å². The summed E-state index contributed by atoms with van der Waals surface area (Å²) in [6, 6.07) is 0. The van der Waals surface area contributed by atoms with Gasteiger partial charge < -0.3 is 23.7 Å². The molecule has 0 aromatic rings. The van der Waals surface area contributed by atoms with Gasteiger partial charge in [-0.15, -0.1) is 0 Å². The van der Waals surface area contributed by atoms with E-state index in [4.69, 9.17) is 18.6 Å². The molecule has 2 fully saturated rings. The van der Waals surface area contributed by atoms with Crippen LogP contribution in [0.25, 0.3) is 0 Å². The zero-order chi connectivity index (χ0) is 15.3. The number of rotatable bonds is 3. The van der Waals surface area contributed by atoms with E-state index in [0.29, 0.717) is 6.61 Å². The van der Waals surface area contributed by atoms with Crippen LogP contribution in [-0.2, 0) is 18.6 Å². The lowest BCUT2D eigenvalue weighted by Crippen LogP contribution is -2.45. The minimum atomic E-state index is -1.84. The van der Waals surface area contributed by atoms with E-state index < -0.39 is 32.6 Å². The fourth-order valence-corrected chi connectivity index (χ4v) is 3.22. The molecule has 2 aliphatic heterocycles. The molecule has 118 valence electrons. The first-order valence-electron chi connectivity index (χ1n) is 7.26. The largest absolute Gasteiger partial charge is 0.414 e. The van der Waals surface area contributed by atoms with Gasteiger partial charge in [-0.25, -0.2) is 0 Å². The van der Waals surface area contributed by atoms with Gasteiger partial charge in [0.15, 0.2) is 20.4 Å². The fraction of sp³-hybridized carbons (Fsp3) is 1.00.